The van der Waals surface area contributed by atoms with Crippen molar-refractivity contribution >= 4 is 66.0 Å². The first kappa shape index (κ1) is 41.8. The van der Waals surface area contributed by atoms with E-state index < -0.39 is 0 Å². The van der Waals surface area contributed by atoms with Gasteiger partial charge in [-0.1, -0.05) is 190 Å². The molecule has 1 fully saturated rings. The highest BCUT2D eigenvalue weighted by atomic mass is 79.9. The largest absolute Gasteiger partial charge is 0.310 e. The summed E-state index contributed by atoms with van der Waals surface area (Å²) in [6.07, 6.45) is 6.22. The van der Waals surface area contributed by atoms with E-state index in [9.17, 15) is 0 Å². The molecule has 0 N–H and O–H groups in total. The Morgan fingerprint density at radius 3 is 1.23 bits per heavy atom. The molecule has 0 bridgehead atoms. The van der Waals surface area contributed by atoms with Gasteiger partial charge in [0.25, 0.3) is 0 Å². The Morgan fingerprint density at radius 2 is 0.833 bits per heavy atom. The van der Waals surface area contributed by atoms with E-state index in [1.165, 1.54) is 71.0 Å². The molecule has 0 saturated heterocycles. The van der Waals surface area contributed by atoms with E-state index in [1.807, 2.05) is 0 Å². The fourth-order valence-corrected chi connectivity index (χ4v) is 9.53. The molecule has 1 saturated carbocycles. The first-order chi connectivity index (χ1) is 28.8. The molecule has 0 spiro atoms. The van der Waals surface area contributed by atoms with E-state index >= 15 is 0 Å². The third kappa shape index (κ3) is 9.21. The SMILES string of the molecule is CC(C)(C)c1ccc(-c2ccccc2N(c2cccc(Br)c2)c2cc(C3CCCCC3)cc(N(c3cccc(Br)c3)c3ccccc3-c3ccc(C(C)(C)C)cc3)c2)cc1. The number of nitrogens with zero attached hydrogens (tertiary/aromatic N) is 2. The maximum Gasteiger partial charge on any atom is 0.0540 e. The molecule has 0 atom stereocenters. The van der Waals surface area contributed by atoms with Crippen LogP contribution in [0.5, 0.6) is 0 Å². The molecule has 8 rings (SSSR count). The number of anilines is 6. The molecule has 1 aliphatic carbocycles. The zero-order chi connectivity index (χ0) is 42.0. The minimum absolute atomic E-state index is 0.0745. The Kier molecular flexibility index (Phi) is 12.3. The van der Waals surface area contributed by atoms with Crippen LogP contribution in [-0.2, 0) is 10.8 Å². The van der Waals surface area contributed by atoms with Gasteiger partial charge < -0.3 is 9.80 Å². The molecule has 1 aliphatic rings. The van der Waals surface area contributed by atoms with Crippen LogP contribution in [0.25, 0.3) is 22.3 Å². The van der Waals surface area contributed by atoms with E-state index in [1.54, 1.807) is 0 Å². The monoisotopic (exact) mass is 914 g/mol. The van der Waals surface area contributed by atoms with Gasteiger partial charge in [0, 0.05) is 42.8 Å². The van der Waals surface area contributed by atoms with Crippen LogP contribution in [0.4, 0.5) is 34.1 Å². The summed E-state index contributed by atoms with van der Waals surface area (Å²) in [6.45, 7) is 13.7. The maximum absolute atomic E-state index is 3.85. The minimum atomic E-state index is 0.0745. The summed E-state index contributed by atoms with van der Waals surface area (Å²) in [4.78, 5) is 4.95. The van der Waals surface area contributed by atoms with Gasteiger partial charge in [-0.2, -0.15) is 0 Å². The second kappa shape index (κ2) is 17.6. The Morgan fingerprint density at radius 1 is 0.417 bits per heavy atom. The highest BCUT2D eigenvalue weighted by Gasteiger charge is 2.26. The van der Waals surface area contributed by atoms with Crippen LogP contribution in [0.15, 0.2) is 173 Å². The molecule has 0 aromatic heterocycles. The number of halogens is 2. The molecular weight excluding hydrogens is 860 g/mol. The van der Waals surface area contributed by atoms with Crippen molar-refractivity contribution in [1.29, 1.82) is 0 Å². The standard InChI is InChI=1S/C56H56Br2N2/c1-55(2,3)43-30-26-40(27-31-43)51-22-10-12-24-53(51)59(47-20-14-18-45(57)36-47)49-34-42(39-16-8-7-9-17-39)35-50(38-49)60(48-21-15-19-46(58)37-48)54-25-13-11-23-52(54)41-28-32-44(33-29-41)56(4,5)6/h10-15,18-39H,7-9,16-17H2,1-6H3. The van der Waals surface area contributed by atoms with Crippen LogP contribution in [0, 0.1) is 0 Å². The highest BCUT2D eigenvalue weighted by molar-refractivity contribution is 9.10. The van der Waals surface area contributed by atoms with Gasteiger partial charge in [0.05, 0.1) is 11.4 Å². The number of hydrogen-bond acceptors (Lipinski definition) is 2. The van der Waals surface area contributed by atoms with E-state index in [4.69, 9.17) is 0 Å². The Bertz CT molecular complexity index is 2400. The number of hydrogen-bond donors (Lipinski definition) is 0. The first-order valence-corrected chi connectivity index (χ1v) is 23.1. The molecular formula is C56H56Br2N2. The lowest BCUT2D eigenvalue weighted by Gasteiger charge is -2.33. The summed E-state index contributed by atoms with van der Waals surface area (Å²) in [7, 11) is 0. The quantitative estimate of drug-likeness (QED) is 0.142. The molecule has 60 heavy (non-hydrogen) atoms. The Labute approximate surface area is 375 Å². The van der Waals surface area contributed by atoms with Crippen LogP contribution in [0.2, 0.25) is 0 Å². The van der Waals surface area contributed by atoms with Crippen LogP contribution < -0.4 is 9.80 Å². The van der Waals surface area contributed by atoms with Crippen molar-refractivity contribution in [1.82, 2.24) is 0 Å². The zero-order valence-corrected chi connectivity index (χ0v) is 39.0. The lowest BCUT2D eigenvalue weighted by atomic mass is 9.83. The van der Waals surface area contributed by atoms with Crippen molar-refractivity contribution in [2.75, 3.05) is 9.80 Å². The van der Waals surface area contributed by atoms with Crippen molar-refractivity contribution in [2.45, 2.75) is 90.4 Å². The van der Waals surface area contributed by atoms with Crippen LogP contribution in [0.1, 0.15) is 96.3 Å². The predicted octanol–water partition coefficient (Wildman–Crippen LogP) is 18.1. The van der Waals surface area contributed by atoms with Crippen LogP contribution >= 0.6 is 31.9 Å². The summed E-state index contributed by atoms with van der Waals surface area (Å²) < 4.78 is 2.09. The fraction of sp³-hybridized carbons (Fsp3) is 0.250. The average Bonchev–Trinajstić information content (AvgIpc) is 3.24. The van der Waals surface area contributed by atoms with Crippen molar-refractivity contribution in [2.24, 2.45) is 0 Å². The van der Waals surface area contributed by atoms with Crippen molar-refractivity contribution < 1.29 is 0 Å². The van der Waals surface area contributed by atoms with E-state index in [0.29, 0.717) is 5.92 Å². The molecule has 304 valence electrons. The Hall–Kier alpha value is -4.90. The van der Waals surface area contributed by atoms with E-state index in [-0.39, 0.29) is 10.8 Å². The predicted molar refractivity (Wildman–Crippen MR) is 265 cm³/mol. The van der Waals surface area contributed by atoms with Crippen LogP contribution in [-0.4, -0.2) is 0 Å². The Balaban J connectivity index is 1.38. The highest BCUT2D eigenvalue weighted by Crippen LogP contribution is 2.48. The van der Waals surface area contributed by atoms with Gasteiger partial charge in [0.15, 0.2) is 0 Å². The maximum atomic E-state index is 3.85. The first-order valence-electron chi connectivity index (χ1n) is 21.5. The molecule has 0 amide bonds. The third-order valence-corrected chi connectivity index (χ3v) is 13.1. The minimum Gasteiger partial charge on any atom is -0.310 e. The van der Waals surface area contributed by atoms with Gasteiger partial charge >= 0.3 is 0 Å². The summed E-state index contributed by atoms with van der Waals surface area (Å²) >= 11 is 7.71. The van der Waals surface area contributed by atoms with Gasteiger partial charge in [-0.3, -0.25) is 0 Å². The molecule has 0 aliphatic heterocycles. The van der Waals surface area contributed by atoms with Gasteiger partial charge in [-0.15, -0.1) is 0 Å². The molecule has 2 nitrogen and oxygen atoms in total. The van der Waals surface area contributed by atoms with Crippen molar-refractivity contribution in [3.63, 3.8) is 0 Å². The average molecular weight is 917 g/mol. The summed E-state index contributed by atoms with van der Waals surface area (Å²) in [5.74, 6) is 0.478. The lowest BCUT2D eigenvalue weighted by Crippen LogP contribution is -2.16. The molecule has 0 radical (unpaired) electrons. The van der Waals surface area contributed by atoms with Gasteiger partial charge in [-0.05, 0) is 124 Å². The van der Waals surface area contributed by atoms with E-state index in [0.717, 1.165) is 43.1 Å². The van der Waals surface area contributed by atoms with Gasteiger partial charge in [0.1, 0.15) is 0 Å². The molecule has 7 aromatic rings. The smallest absolute Gasteiger partial charge is 0.0540 e. The summed E-state index contributed by atoms with van der Waals surface area (Å²) in [5.41, 5.74) is 15.7. The summed E-state index contributed by atoms with van der Waals surface area (Å²) in [6, 6.07) is 61.0. The zero-order valence-electron chi connectivity index (χ0n) is 35.9. The topological polar surface area (TPSA) is 6.48 Å². The van der Waals surface area contributed by atoms with Gasteiger partial charge in [0.2, 0.25) is 0 Å². The number of para-hydroxylation sites is 2. The van der Waals surface area contributed by atoms with Gasteiger partial charge in [-0.25, -0.2) is 0 Å². The van der Waals surface area contributed by atoms with Crippen molar-refractivity contribution in [3.8, 4) is 22.3 Å². The van der Waals surface area contributed by atoms with Crippen molar-refractivity contribution in [3.05, 3.63) is 189 Å². The summed E-state index contributed by atoms with van der Waals surface area (Å²) in [5, 5.41) is 0. The molecule has 7 aromatic carbocycles. The number of rotatable bonds is 9. The second-order valence-corrected chi connectivity index (χ2v) is 20.3. The number of benzene rings is 7. The second-order valence-electron chi connectivity index (χ2n) is 18.4. The molecule has 0 unspecified atom stereocenters. The lowest BCUT2D eigenvalue weighted by molar-refractivity contribution is 0.444. The fourth-order valence-electron chi connectivity index (χ4n) is 8.76. The molecule has 4 heteroatoms. The van der Waals surface area contributed by atoms with E-state index in [2.05, 4.69) is 247 Å². The van der Waals surface area contributed by atoms with Crippen LogP contribution in [0.3, 0.4) is 0 Å². The molecule has 0 heterocycles. The third-order valence-electron chi connectivity index (χ3n) is 12.1. The normalized spacial score (nSPS) is 13.6.